The number of hydrogen-bond acceptors (Lipinski definition) is 3. The van der Waals surface area contributed by atoms with Gasteiger partial charge < -0.3 is 20.3 Å². The van der Waals surface area contributed by atoms with Crippen molar-refractivity contribution in [1.82, 2.24) is 10.6 Å². The lowest BCUT2D eigenvalue weighted by atomic mass is 10.2. The standard InChI is InChI=1S/C17H23N3O3/c21-16-15(9-11-20(16)13-5-2-1-3-6-13)19-17(22)18-10-8-14-7-4-12-23-14/h1-3,5-6,14-15H,4,7-12H2,(H2,18,19,22)/t14-,15+/m0/s1. The molecule has 0 saturated carbocycles. The van der Waals surface area contributed by atoms with E-state index < -0.39 is 6.04 Å². The second-order valence-electron chi connectivity index (χ2n) is 5.99. The number of ether oxygens (including phenoxy) is 1. The number of urea groups is 1. The van der Waals surface area contributed by atoms with Gasteiger partial charge in [-0.15, -0.1) is 0 Å². The highest BCUT2D eigenvalue weighted by Gasteiger charge is 2.33. The van der Waals surface area contributed by atoms with Crippen LogP contribution in [0, 0.1) is 0 Å². The van der Waals surface area contributed by atoms with Gasteiger partial charge in [0.2, 0.25) is 5.91 Å². The molecule has 2 aliphatic rings. The van der Waals surface area contributed by atoms with Gasteiger partial charge in [-0.3, -0.25) is 4.79 Å². The molecule has 0 bridgehead atoms. The Balaban J connectivity index is 1.43. The Morgan fingerprint density at radius 3 is 2.83 bits per heavy atom. The first-order chi connectivity index (χ1) is 11.2. The Morgan fingerprint density at radius 1 is 1.26 bits per heavy atom. The third-order valence-corrected chi connectivity index (χ3v) is 4.35. The van der Waals surface area contributed by atoms with Gasteiger partial charge in [-0.2, -0.15) is 0 Å². The molecule has 1 aromatic carbocycles. The maximum atomic E-state index is 12.4. The highest BCUT2D eigenvalue weighted by molar-refractivity contribution is 6.01. The summed E-state index contributed by atoms with van der Waals surface area (Å²) in [5.41, 5.74) is 0.876. The molecular formula is C17H23N3O3. The molecule has 124 valence electrons. The zero-order chi connectivity index (χ0) is 16.1. The second kappa shape index (κ2) is 7.46. The Kier molecular flexibility index (Phi) is 5.12. The van der Waals surface area contributed by atoms with E-state index in [1.807, 2.05) is 30.3 Å². The fourth-order valence-corrected chi connectivity index (χ4v) is 3.11. The van der Waals surface area contributed by atoms with Crippen molar-refractivity contribution < 1.29 is 14.3 Å². The van der Waals surface area contributed by atoms with E-state index in [4.69, 9.17) is 4.74 Å². The van der Waals surface area contributed by atoms with E-state index in [2.05, 4.69) is 10.6 Å². The third kappa shape index (κ3) is 4.01. The van der Waals surface area contributed by atoms with Crippen LogP contribution in [0.4, 0.5) is 10.5 Å². The third-order valence-electron chi connectivity index (χ3n) is 4.35. The van der Waals surface area contributed by atoms with Gasteiger partial charge in [0.25, 0.3) is 0 Å². The highest BCUT2D eigenvalue weighted by Crippen LogP contribution is 2.21. The van der Waals surface area contributed by atoms with Crippen molar-refractivity contribution in [3.8, 4) is 0 Å². The number of nitrogens with zero attached hydrogens (tertiary/aromatic N) is 1. The fourth-order valence-electron chi connectivity index (χ4n) is 3.11. The summed E-state index contributed by atoms with van der Waals surface area (Å²) in [7, 11) is 0. The van der Waals surface area contributed by atoms with E-state index in [0.717, 1.165) is 31.6 Å². The van der Waals surface area contributed by atoms with Crippen molar-refractivity contribution in [2.24, 2.45) is 0 Å². The monoisotopic (exact) mass is 317 g/mol. The molecule has 6 nitrogen and oxygen atoms in total. The van der Waals surface area contributed by atoms with Gasteiger partial charge in [0.05, 0.1) is 6.10 Å². The van der Waals surface area contributed by atoms with Crippen LogP contribution in [0.25, 0.3) is 0 Å². The summed E-state index contributed by atoms with van der Waals surface area (Å²) in [5, 5.41) is 5.58. The van der Waals surface area contributed by atoms with Crippen molar-refractivity contribution in [3.63, 3.8) is 0 Å². The maximum absolute atomic E-state index is 12.4. The molecule has 6 heteroatoms. The summed E-state index contributed by atoms with van der Waals surface area (Å²) in [6.07, 6.45) is 3.88. The lowest BCUT2D eigenvalue weighted by molar-refractivity contribution is -0.118. The quantitative estimate of drug-likeness (QED) is 0.868. The lowest BCUT2D eigenvalue weighted by Crippen LogP contribution is -2.46. The highest BCUT2D eigenvalue weighted by atomic mass is 16.5. The first kappa shape index (κ1) is 15.8. The minimum atomic E-state index is -0.446. The average molecular weight is 317 g/mol. The summed E-state index contributed by atoms with van der Waals surface area (Å²) in [6, 6.07) is 8.81. The predicted octanol–water partition coefficient (Wildman–Crippen LogP) is 1.66. The van der Waals surface area contributed by atoms with Crippen molar-refractivity contribution in [3.05, 3.63) is 30.3 Å². The molecule has 3 amide bonds. The molecule has 2 saturated heterocycles. The summed E-state index contributed by atoms with van der Waals surface area (Å²) >= 11 is 0. The van der Waals surface area contributed by atoms with Crippen LogP contribution in [0.15, 0.2) is 30.3 Å². The molecule has 0 aromatic heterocycles. The first-order valence-corrected chi connectivity index (χ1v) is 8.26. The van der Waals surface area contributed by atoms with Crippen LogP contribution in [-0.2, 0) is 9.53 Å². The number of benzene rings is 1. The second-order valence-corrected chi connectivity index (χ2v) is 5.99. The van der Waals surface area contributed by atoms with Gasteiger partial charge >= 0.3 is 6.03 Å². The van der Waals surface area contributed by atoms with Crippen LogP contribution in [0.2, 0.25) is 0 Å². The topological polar surface area (TPSA) is 70.7 Å². The summed E-state index contributed by atoms with van der Waals surface area (Å²) in [5.74, 6) is -0.0505. The first-order valence-electron chi connectivity index (χ1n) is 8.26. The van der Waals surface area contributed by atoms with Crippen molar-refractivity contribution in [2.45, 2.75) is 37.8 Å². The largest absolute Gasteiger partial charge is 0.378 e. The molecule has 2 atom stereocenters. The number of anilines is 1. The van der Waals surface area contributed by atoms with Crippen LogP contribution in [0.1, 0.15) is 25.7 Å². The Morgan fingerprint density at radius 2 is 2.09 bits per heavy atom. The summed E-state index contributed by atoms with van der Waals surface area (Å²) in [4.78, 5) is 26.0. The maximum Gasteiger partial charge on any atom is 0.315 e. The van der Waals surface area contributed by atoms with Crippen molar-refractivity contribution in [1.29, 1.82) is 0 Å². The van der Waals surface area contributed by atoms with E-state index in [1.54, 1.807) is 4.90 Å². The molecule has 2 aliphatic heterocycles. The van der Waals surface area contributed by atoms with Gasteiger partial charge in [-0.1, -0.05) is 18.2 Å². The van der Waals surface area contributed by atoms with Crippen LogP contribution in [0.5, 0.6) is 0 Å². The molecule has 1 aromatic rings. The van der Waals surface area contributed by atoms with Crippen LogP contribution in [-0.4, -0.2) is 43.8 Å². The fraction of sp³-hybridized carbons (Fsp3) is 0.529. The molecule has 23 heavy (non-hydrogen) atoms. The smallest absolute Gasteiger partial charge is 0.315 e. The minimum absolute atomic E-state index is 0.0505. The van der Waals surface area contributed by atoms with E-state index in [1.165, 1.54) is 0 Å². The molecular weight excluding hydrogens is 294 g/mol. The van der Waals surface area contributed by atoms with Crippen molar-refractivity contribution >= 4 is 17.6 Å². The van der Waals surface area contributed by atoms with Crippen molar-refractivity contribution in [2.75, 3.05) is 24.6 Å². The molecule has 2 fully saturated rings. The van der Waals surface area contributed by atoms with E-state index in [9.17, 15) is 9.59 Å². The molecule has 0 unspecified atom stereocenters. The normalized spacial score (nSPS) is 24.0. The number of amides is 3. The van der Waals surface area contributed by atoms with Gasteiger partial charge in [0, 0.05) is 25.4 Å². The van der Waals surface area contributed by atoms with E-state index in [0.29, 0.717) is 19.5 Å². The zero-order valence-corrected chi connectivity index (χ0v) is 13.2. The van der Waals surface area contributed by atoms with Gasteiger partial charge in [0.1, 0.15) is 6.04 Å². The van der Waals surface area contributed by atoms with E-state index in [-0.39, 0.29) is 18.0 Å². The lowest BCUT2D eigenvalue weighted by Gasteiger charge is -2.17. The molecule has 0 spiro atoms. The SMILES string of the molecule is O=C(NCC[C@@H]1CCCO1)N[C@@H]1CCN(c2ccccc2)C1=O. The minimum Gasteiger partial charge on any atom is -0.378 e. The Hall–Kier alpha value is -2.08. The summed E-state index contributed by atoms with van der Waals surface area (Å²) in [6.45, 7) is 2.02. The van der Waals surface area contributed by atoms with Gasteiger partial charge in [-0.25, -0.2) is 4.79 Å². The average Bonchev–Trinajstić information content (AvgIpc) is 3.19. The number of carbonyl (C=O) groups excluding carboxylic acids is 2. The zero-order valence-electron chi connectivity index (χ0n) is 13.2. The summed E-state index contributed by atoms with van der Waals surface area (Å²) < 4.78 is 5.52. The molecule has 2 N–H and O–H groups in total. The van der Waals surface area contributed by atoms with Crippen LogP contribution in [0.3, 0.4) is 0 Å². The molecule has 2 heterocycles. The van der Waals surface area contributed by atoms with E-state index >= 15 is 0 Å². The molecule has 3 rings (SSSR count). The van der Waals surface area contributed by atoms with Gasteiger partial charge in [-0.05, 0) is 37.8 Å². The molecule has 0 aliphatic carbocycles. The van der Waals surface area contributed by atoms with Crippen LogP contribution >= 0.6 is 0 Å². The number of nitrogens with one attached hydrogen (secondary N) is 2. The Labute approximate surface area is 136 Å². The predicted molar refractivity (Wildman–Crippen MR) is 87.3 cm³/mol. The number of rotatable bonds is 5. The van der Waals surface area contributed by atoms with Gasteiger partial charge in [0.15, 0.2) is 0 Å². The van der Waals surface area contributed by atoms with Crippen LogP contribution < -0.4 is 15.5 Å². The Bertz CT molecular complexity index is 543. The number of carbonyl (C=O) groups is 2. The number of para-hydroxylation sites is 1. The number of hydrogen-bond donors (Lipinski definition) is 2. The molecule has 0 radical (unpaired) electrons.